The molecule has 6 heteroatoms. The zero-order valence-corrected chi connectivity index (χ0v) is 53.1. The molecular weight excluding hydrogens is 985 g/mol. The van der Waals surface area contributed by atoms with Gasteiger partial charge in [-0.1, -0.05) is 298 Å². The molecule has 6 nitrogen and oxygen atoms in total. The number of allylic oxidation sites excluding steroid dienone is 14. The van der Waals surface area contributed by atoms with Crippen LogP contribution in [0.15, 0.2) is 85.1 Å². The molecule has 0 amide bonds. The Hall–Kier alpha value is -3.41. The van der Waals surface area contributed by atoms with E-state index in [9.17, 15) is 14.4 Å². The molecule has 0 saturated carbocycles. The molecule has 0 rings (SSSR count). The highest BCUT2D eigenvalue weighted by atomic mass is 16.6. The highest BCUT2D eigenvalue weighted by Gasteiger charge is 2.19. The van der Waals surface area contributed by atoms with Crippen LogP contribution in [0.25, 0.3) is 0 Å². The maximum absolute atomic E-state index is 12.9. The standard InChI is InChI=1S/C74H130O6/c1-4-7-10-13-16-19-22-25-28-31-33-35-36-37-38-40-41-43-46-49-52-55-58-61-64-67-73(76)79-70-71(69-78-72(75)66-63-60-57-54-51-48-45-30-27-24-21-18-15-12-9-6-3)80-74(77)68-65-62-59-56-53-50-47-44-42-39-34-32-29-26-23-20-17-14-11-8-5-2/h8,11,17,20,26,29-31,33-34,39,44-45,47,71H,4-7,9-10,12-16,18-19,21-25,27-28,32,35-38,40-43,46,48-70H2,1-3H3/b11-8-,20-17-,29-26-,33-31-,39-34-,45-30-,47-44-. The number of esters is 3. The van der Waals surface area contributed by atoms with Crippen molar-refractivity contribution in [3.8, 4) is 0 Å². The molecule has 0 aliphatic heterocycles. The number of unbranched alkanes of at least 4 members (excludes halogenated alkanes) is 38. The lowest BCUT2D eigenvalue weighted by atomic mass is 10.0. The Bertz CT molecular complexity index is 1520. The fourth-order valence-corrected chi connectivity index (χ4v) is 9.93. The molecule has 0 radical (unpaired) electrons. The lowest BCUT2D eigenvalue weighted by molar-refractivity contribution is -0.167. The summed E-state index contributed by atoms with van der Waals surface area (Å²) < 4.78 is 17.0. The summed E-state index contributed by atoms with van der Waals surface area (Å²) in [5, 5.41) is 0. The third-order valence-electron chi connectivity index (χ3n) is 15.1. The second-order valence-corrected chi connectivity index (χ2v) is 23.1. The summed E-state index contributed by atoms with van der Waals surface area (Å²) in [6, 6.07) is 0. The molecule has 0 spiro atoms. The van der Waals surface area contributed by atoms with Crippen LogP contribution in [0.2, 0.25) is 0 Å². The molecule has 0 fully saturated rings. The van der Waals surface area contributed by atoms with Crippen LogP contribution in [-0.4, -0.2) is 37.2 Å². The van der Waals surface area contributed by atoms with E-state index in [1.54, 1.807) is 0 Å². The molecule has 0 saturated heterocycles. The number of hydrogen-bond acceptors (Lipinski definition) is 6. The van der Waals surface area contributed by atoms with E-state index in [0.29, 0.717) is 19.3 Å². The van der Waals surface area contributed by atoms with Gasteiger partial charge < -0.3 is 14.2 Å². The van der Waals surface area contributed by atoms with Gasteiger partial charge in [-0.15, -0.1) is 0 Å². The van der Waals surface area contributed by atoms with Gasteiger partial charge in [-0.05, 0) is 116 Å². The Morgan fingerprint density at radius 3 is 0.775 bits per heavy atom. The van der Waals surface area contributed by atoms with E-state index in [-0.39, 0.29) is 31.1 Å². The average Bonchev–Trinajstić information content (AvgIpc) is 3.46. The van der Waals surface area contributed by atoms with Gasteiger partial charge in [-0.3, -0.25) is 14.4 Å². The van der Waals surface area contributed by atoms with E-state index in [4.69, 9.17) is 14.2 Å². The maximum atomic E-state index is 12.9. The lowest BCUT2D eigenvalue weighted by Crippen LogP contribution is -2.30. The minimum atomic E-state index is -0.792. The Kier molecular flexibility index (Phi) is 65.2. The summed E-state index contributed by atoms with van der Waals surface area (Å²) >= 11 is 0. The monoisotopic (exact) mass is 1110 g/mol. The second-order valence-electron chi connectivity index (χ2n) is 23.1. The number of hydrogen-bond donors (Lipinski definition) is 0. The van der Waals surface area contributed by atoms with Gasteiger partial charge in [0.05, 0.1) is 0 Å². The van der Waals surface area contributed by atoms with Gasteiger partial charge in [0.25, 0.3) is 0 Å². The van der Waals surface area contributed by atoms with Crippen molar-refractivity contribution in [3.63, 3.8) is 0 Å². The number of ether oxygens (including phenoxy) is 3. The quantitative estimate of drug-likeness (QED) is 0.0261. The highest BCUT2D eigenvalue weighted by Crippen LogP contribution is 2.17. The Morgan fingerprint density at radius 1 is 0.263 bits per heavy atom. The molecule has 0 aliphatic rings. The molecule has 0 bridgehead atoms. The first-order valence-electron chi connectivity index (χ1n) is 34.6. The van der Waals surface area contributed by atoms with E-state index in [1.165, 1.54) is 193 Å². The first-order valence-corrected chi connectivity index (χ1v) is 34.6. The summed E-state index contributed by atoms with van der Waals surface area (Å²) in [5.41, 5.74) is 0. The lowest BCUT2D eigenvalue weighted by Gasteiger charge is -2.18. The van der Waals surface area contributed by atoms with Crippen molar-refractivity contribution in [2.45, 2.75) is 354 Å². The number of carbonyl (C=O) groups excluding carboxylic acids is 3. The van der Waals surface area contributed by atoms with Crippen LogP contribution < -0.4 is 0 Å². The van der Waals surface area contributed by atoms with Crippen molar-refractivity contribution in [1.82, 2.24) is 0 Å². The van der Waals surface area contributed by atoms with Crippen molar-refractivity contribution in [1.29, 1.82) is 0 Å². The van der Waals surface area contributed by atoms with Gasteiger partial charge >= 0.3 is 17.9 Å². The fourth-order valence-electron chi connectivity index (χ4n) is 9.93. The van der Waals surface area contributed by atoms with Gasteiger partial charge in [0, 0.05) is 19.3 Å². The Labute approximate surface area is 496 Å². The van der Waals surface area contributed by atoms with Gasteiger partial charge in [0.15, 0.2) is 6.10 Å². The van der Waals surface area contributed by atoms with Crippen LogP contribution in [0.1, 0.15) is 348 Å². The van der Waals surface area contributed by atoms with Crippen LogP contribution in [0.5, 0.6) is 0 Å². The topological polar surface area (TPSA) is 78.9 Å². The van der Waals surface area contributed by atoms with E-state index >= 15 is 0 Å². The predicted octanol–water partition coefficient (Wildman–Crippen LogP) is 23.8. The van der Waals surface area contributed by atoms with Crippen molar-refractivity contribution in [2.75, 3.05) is 13.2 Å². The van der Waals surface area contributed by atoms with Crippen molar-refractivity contribution >= 4 is 17.9 Å². The van der Waals surface area contributed by atoms with E-state index in [2.05, 4.69) is 106 Å². The van der Waals surface area contributed by atoms with Crippen molar-refractivity contribution < 1.29 is 28.6 Å². The largest absolute Gasteiger partial charge is 0.462 e. The van der Waals surface area contributed by atoms with Gasteiger partial charge in [0.1, 0.15) is 13.2 Å². The van der Waals surface area contributed by atoms with Crippen LogP contribution in [0, 0.1) is 0 Å². The van der Waals surface area contributed by atoms with E-state index in [0.717, 1.165) is 116 Å². The molecule has 1 atom stereocenters. The molecule has 80 heavy (non-hydrogen) atoms. The minimum Gasteiger partial charge on any atom is -0.462 e. The molecule has 1 unspecified atom stereocenters. The van der Waals surface area contributed by atoms with Crippen LogP contribution in [0.4, 0.5) is 0 Å². The second kappa shape index (κ2) is 68.1. The smallest absolute Gasteiger partial charge is 0.306 e. The zero-order valence-electron chi connectivity index (χ0n) is 53.1. The summed E-state index contributed by atoms with van der Waals surface area (Å²) in [4.78, 5) is 38.4. The van der Waals surface area contributed by atoms with Crippen LogP contribution in [0.3, 0.4) is 0 Å². The molecule has 0 aromatic carbocycles. The SMILES string of the molecule is CC/C=C\C/C=C\C/C=C\C/C=C\C/C=C\CCCCCCCC(=O)OC(COC(=O)CCCCCCC/C=C\CCCCCCCCC)COC(=O)CCCCCCCCCCCCCCC/C=C\CCCCCCCCCC. The number of carbonyl (C=O) groups is 3. The van der Waals surface area contributed by atoms with E-state index < -0.39 is 6.10 Å². The predicted molar refractivity (Wildman–Crippen MR) is 348 cm³/mol. The fraction of sp³-hybridized carbons (Fsp3) is 0.770. The first kappa shape index (κ1) is 76.6. The van der Waals surface area contributed by atoms with Gasteiger partial charge in [0.2, 0.25) is 0 Å². The normalized spacial score (nSPS) is 12.6. The summed E-state index contributed by atoms with van der Waals surface area (Å²) in [6.45, 7) is 6.55. The van der Waals surface area contributed by atoms with Crippen molar-refractivity contribution in [2.24, 2.45) is 0 Å². The van der Waals surface area contributed by atoms with Gasteiger partial charge in [-0.2, -0.15) is 0 Å². The molecule has 0 aliphatic carbocycles. The summed E-state index contributed by atoms with van der Waals surface area (Å²) in [5.74, 6) is -0.897. The third kappa shape index (κ3) is 65.4. The molecule has 462 valence electrons. The molecule has 0 aromatic heterocycles. The molecule has 0 heterocycles. The van der Waals surface area contributed by atoms with Crippen LogP contribution >= 0.6 is 0 Å². The number of rotatable bonds is 63. The molecular formula is C74H130O6. The van der Waals surface area contributed by atoms with Gasteiger partial charge in [-0.25, -0.2) is 0 Å². The summed E-state index contributed by atoms with van der Waals surface area (Å²) in [6.07, 6.45) is 90.3. The van der Waals surface area contributed by atoms with Crippen LogP contribution in [-0.2, 0) is 28.6 Å². The van der Waals surface area contributed by atoms with Crippen molar-refractivity contribution in [3.05, 3.63) is 85.1 Å². The maximum Gasteiger partial charge on any atom is 0.306 e. The van der Waals surface area contributed by atoms with E-state index in [1.807, 2.05) is 0 Å². The summed E-state index contributed by atoms with van der Waals surface area (Å²) in [7, 11) is 0. The zero-order chi connectivity index (χ0) is 57.8. The Balaban J connectivity index is 4.36. The third-order valence-corrected chi connectivity index (χ3v) is 15.1. The Morgan fingerprint density at radius 2 is 0.487 bits per heavy atom. The highest BCUT2D eigenvalue weighted by molar-refractivity contribution is 5.71. The average molecular weight is 1120 g/mol. The minimum absolute atomic E-state index is 0.0854. The molecule has 0 N–H and O–H groups in total. The first-order chi connectivity index (χ1) is 39.5. The molecule has 0 aromatic rings.